The molecule has 2 aromatic carbocycles. The Bertz CT molecular complexity index is 1110. The van der Waals surface area contributed by atoms with Crippen LogP contribution in [0.1, 0.15) is 32.3 Å². The van der Waals surface area contributed by atoms with Crippen molar-refractivity contribution in [2.45, 2.75) is 39.3 Å². The Hall–Kier alpha value is -3.27. The van der Waals surface area contributed by atoms with Gasteiger partial charge in [0, 0.05) is 19.2 Å². The number of nitrogens with zero attached hydrogens (tertiary/aromatic N) is 2. The van der Waals surface area contributed by atoms with Crippen LogP contribution in [0.15, 0.2) is 48.5 Å². The molecule has 0 unspecified atom stereocenters. The highest BCUT2D eigenvalue weighted by atomic mass is 32.2. The lowest BCUT2D eigenvalue weighted by Gasteiger charge is -2.31. The van der Waals surface area contributed by atoms with Gasteiger partial charge < -0.3 is 19.7 Å². The van der Waals surface area contributed by atoms with Crippen molar-refractivity contribution in [2.24, 2.45) is 0 Å². The lowest BCUT2D eigenvalue weighted by molar-refractivity contribution is -0.139. The zero-order chi connectivity index (χ0) is 26.0. The van der Waals surface area contributed by atoms with Crippen LogP contribution < -0.4 is 19.1 Å². The highest BCUT2D eigenvalue weighted by Gasteiger charge is 2.30. The van der Waals surface area contributed by atoms with Crippen molar-refractivity contribution in [3.63, 3.8) is 0 Å². The van der Waals surface area contributed by atoms with E-state index in [4.69, 9.17) is 9.47 Å². The van der Waals surface area contributed by atoms with E-state index in [9.17, 15) is 18.0 Å². The smallest absolute Gasteiger partial charge is 0.244 e. The molecule has 0 heterocycles. The lowest BCUT2D eigenvalue weighted by Crippen LogP contribution is -2.51. The van der Waals surface area contributed by atoms with Crippen LogP contribution in [0.3, 0.4) is 0 Å². The topological polar surface area (TPSA) is 105 Å². The first-order valence-corrected chi connectivity index (χ1v) is 13.3. The Morgan fingerprint density at radius 1 is 1.03 bits per heavy atom. The normalized spacial score (nSPS) is 11.9. The molecule has 0 aliphatic carbocycles. The highest BCUT2D eigenvalue weighted by Crippen LogP contribution is 2.24. The number of hydrogen-bond acceptors (Lipinski definition) is 6. The summed E-state index contributed by atoms with van der Waals surface area (Å²) in [5.74, 6) is 0.255. The molecular weight excluding hydrogens is 470 g/mol. The van der Waals surface area contributed by atoms with Crippen molar-refractivity contribution in [3.8, 4) is 11.5 Å². The number of hydrogen-bond donors (Lipinski definition) is 1. The van der Waals surface area contributed by atoms with Gasteiger partial charge in [-0.25, -0.2) is 8.42 Å². The van der Waals surface area contributed by atoms with Gasteiger partial charge in [0.15, 0.2) is 0 Å². The molecule has 35 heavy (non-hydrogen) atoms. The Balaban J connectivity index is 2.37. The van der Waals surface area contributed by atoms with Crippen LogP contribution in [0.5, 0.6) is 11.5 Å². The number of ether oxygens (including phenoxy) is 2. The number of carbonyl (C=O) groups is 2. The van der Waals surface area contributed by atoms with Gasteiger partial charge in [-0.15, -0.1) is 0 Å². The molecule has 10 heteroatoms. The zero-order valence-electron chi connectivity index (χ0n) is 21.0. The average molecular weight is 506 g/mol. The molecule has 192 valence electrons. The summed E-state index contributed by atoms with van der Waals surface area (Å²) in [7, 11) is -0.787. The molecule has 2 amide bonds. The molecule has 2 aromatic rings. The van der Waals surface area contributed by atoms with Gasteiger partial charge in [0.1, 0.15) is 24.1 Å². The van der Waals surface area contributed by atoms with Gasteiger partial charge in [-0.05, 0) is 43.2 Å². The molecule has 0 spiro atoms. The van der Waals surface area contributed by atoms with Gasteiger partial charge in [-0.3, -0.25) is 13.9 Å². The molecule has 9 nitrogen and oxygen atoms in total. The molecular formula is C25H35N3O6S. The number of carbonyl (C=O) groups excluding carboxylic acids is 2. The monoisotopic (exact) mass is 505 g/mol. The summed E-state index contributed by atoms with van der Waals surface area (Å²) in [6.45, 7) is 3.79. The minimum absolute atomic E-state index is 0.105. The van der Waals surface area contributed by atoms with Crippen molar-refractivity contribution < 1.29 is 27.5 Å². The molecule has 1 N–H and O–H groups in total. The van der Waals surface area contributed by atoms with E-state index < -0.39 is 28.5 Å². The molecule has 0 bridgehead atoms. The van der Waals surface area contributed by atoms with E-state index in [1.807, 2.05) is 13.0 Å². The number of benzene rings is 2. The summed E-state index contributed by atoms with van der Waals surface area (Å²) in [6, 6.07) is 12.8. The van der Waals surface area contributed by atoms with Crippen LogP contribution in [-0.2, 0) is 26.2 Å². The van der Waals surface area contributed by atoms with E-state index in [0.717, 1.165) is 29.0 Å². The van der Waals surface area contributed by atoms with Crippen molar-refractivity contribution in [1.82, 2.24) is 10.2 Å². The van der Waals surface area contributed by atoms with Crippen LogP contribution in [-0.4, -0.2) is 64.7 Å². The number of rotatable bonds is 13. The second kappa shape index (κ2) is 13.0. The predicted molar refractivity (Wildman–Crippen MR) is 136 cm³/mol. The SMILES string of the molecule is CCCCNC(=O)[C@H](C)N(Cc1cccc(OC)c1)C(=O)CN(c1cccc(OC)c1)S(C)(=O)=O. The summed E-state index contributed by atoms with van der Waals surface area (Å²) in [5, 5.41) is 2.85. The maximum atomic E-state index is 13.5. The molecule has 0 fully saturated rings. The van der Waals surface area contributed by atoms with E-state index in [0.29, 0.717) is 23.7 Å². The van der Waals surface area contributed by atoms with E-state index >= 15 is 0 Å². The predicted octanol–water partition coefficient (Wildman–Crippen LogP) is 2.80. The third-order valence-corrected chi connectivity index (χ3v) is 6.65. The molecule has 0 aliphatic heterocycles. The van der Waals surface area contributed by atoms with Gasteiger partial charge in [0.05, 0.1) is 26.2 Å². The Kier molecular flexibility index (Phi) is 10.4. The van der Waals surface area contributed by atoms with E-state index in [1.165, 1.54) is 12.0 Å². The third kappa shape index (κ3) is 8.17. The molecule has 0 saturated heterocycles. The van der Waals surface area contributed by atoms with Gasteiger partial charge in [-0.2, -0.15) is 0 Å². The van der Waals surface area contributed by atoms with E-state index in [2.05, 4.69) is 5.32 Å². The van der Waals surface area contributed by atoms with Crippen LogP contribution in [0.4, 0.5) is 5.69 Å². The minimum Gasteiger partial charge on any atom is -0.497 e. The van der Waals surface area contributed by atoms with Crippen molar-refractivity contribution in [1.29, 1.82) is 0 Å². The van der Waals surface area contributed by atoms with Gasteiger partial charge in [0.2, 0.25) is 21.8 Å². The van der Waals surface area contributed by atoms with Gasteiger partial charge in [0.25, 0.3) is 0 Å². The molecule has 0 saturated carbocycles. The van der Waals surface area contributed by atoms with Crippen molar-refractivity contribution in [2.75, 3.05) is 37.9 Å². The Morgan fingerprint density at radius 2 is 1.66 bits per heavy atom. The lowest BCUT2D eigenvalue weighted by atomic mass is 10.1. The first-order valence-electron chi connectivity index (χ1n) is 11.4. The number of sulfonamides is 1. The molecule has 0 radical (unpaired) electrons. The van der Waals surface area contributed by atoms with Gasteiger partial charge in [-0.1, -0.05) is 31.5 Å². The van der Waals surface area contributed by atoms with E-state index in [-0.39, 0.29) is 12.5 Å². The first kappa shape index (κ1) is 28.0. The second-order valence-electron chi connectivity index (χ2n) is 8.16. The number of unbranched alkanes of at least 4 members (excludes halogenated alkanes) is 1. The van der Waals surface area contributed by atoms with Crippen molar-refractivity contribution in [3.05, 3.63) is 54.1 Å². The summed E-state index contributed by atoms with van der Waals surface area (Å²) < 4.78 is 36.8. The standard InChI is InChI=1S/C25H35N3O6S/c1-6-7-14-26-25(30)19(2)27(17-20-10-8-12-22(15-20)33-3)24(29)18-28(35(5,31)32)21-11-9-13-23(16-21)34-4/h8-13,15-16,19H,6-7,14,17-18H2,1-5H3,(H,26,30)/t19-/m0/s1. The fourth-order valence-electron chi connectivity index (χ4n) is 3.47. The van der Waals surface area contributed by atoms with Crippen LogP contribution in [0.25, 0.3) is 0 Å². The van der Waals surface area contributed by atoms with E-state index in [1.54, 1.807) is 56.5 Å². The zero-order valence-corrected chi connectivity index (χ0v) is 21.8. The third-order valence-electron chi connectivity index (χ3n) is 5.50. The highest BCUT2D eigenvalue weighted by molar-refractivity contribution is 7.92. The Labute approximate surface area is 208 Å². The second-order valence-corrected chi connectivity index (χ2v) is 10.1. The van der Waals surface area contributed by atoms with Gasteiger partial charge >= 0.3 is 0 Å². The molecule has 0 aliphatic rings. The minimum atomic E-state index is -3.81. The van der Waals surface area contributed by atoms with Crippen LogP contribution in [0.2, 0.25) is 0 Å². The largest absolute Gasteiger partial charge is 0.497 e. The number of amides is 2. The quantitative estimate of drug-likeness (QED) is 0.420. The van der Waals surface area contributed by atoms with Crippen LogP contribution >= 0.6 is 0 Å². The Morgan fingerprint density at radius 3 is 2.26 bits per heavy atom. The maximum Gasteiger partial charge on any atom is 0.244 e. The summed E-state index contributed by atoms with van der Waals surface area (Å²) >= 11 is 0. The number of methoxy groups -OCH3 is 2. The molecule has 2 rings (SSSR count). The molecule has 0 aromatic heterocycles. The maximum absolute atomic E-state index is 13.5. The fourth-order valence-corrected chi connectivity index (χ4v) is 4.31. The number of anilines is 1. The average Bonchev–Trinajstić information content (AvgIpc) is 2.84. The molecule has 1 atom stereocenters. The fraction of sp³-hybridized carbons (Fsp3) is 0.440. The van der Waals surface area contributed by atoms with Crippen molar-refractivity contribution >= 4 is 27.5 Å². The first-order chi connectivity index (χ1) is 16.6. The summed E-state index contributed by atoms with van der Waals surface area (Å²) in [5.41, 5.74) is 1.04. The number of nitrogens with one attached hydrogen (secondary N) is 1. The van der Waals surface area contributed by atoms with Crippen LogP contribution in [0, 0.1) is 0 Å². The summed E-state index contributed by atoms with van der Waals surface area (Å²) in [4.78, 5) is 27.8. The summed E-state index contributed by atoms with van der Waals surface area (Å²) in [6.07, 6.45) is 2.78.